The minimum atomic E-state index is -0.709. The van der Waals surface area contributed by atoms with Crippen LogP contribution in [0.5, 0.6) is 0 Å². The fraction of sp³-hybridized carbons (Fsp3) is 0.562. The zero-order valence-electron chi connectivity index (χ0n) is 12.5. The Hall–Kier alpha value is -1.55. The van der Waals surface area contributed by atoms with Crippen LogP contribution in [-0.4, -0.2) is 24.2 Å². The van der Waals surface area contributed by atoms with E-state index in [1.165, 1.54) is 0 Å². The van der Waals surface area contributed by atoms with Crippen LogP contribution in [0.2, 0.25) is 0 Å². The van der Waals surface area contributed by atoms with E-state index in [0.29, 0.717) is 25.4 Å². The zero-order chi connectivity index (χ0) is 14.8. The maximum Gasteiger partial charge on any atom is 0.243 e. The van der Waals surface area contributed by atoms with Gasteiger partial charge in [-0.05, 0) is 24.5 Å². The summed E-state index contributed by atoms with van der Waals surface area (Å²) in [5, 5.41) is 3.39. The Bertz CT molecular complexity index is 487. The highest BCUT2D eigenvalue weighted by Crippen LogP contribution is 2.32. The molecule has 1 aromatic rings. The molecular weight excluding hydrogens is 252 g/mol. The molecule has 1 aliphatic heterocycles. The number of hydrogen-bond acceptors (Lipinski definition) is 3. The van der Waals surface area contributed by atoms with Crippen molar-refractivity contribution in [3.8, 4) is 0 Å². The Balaban J connectivity index is 2.26. The van der Waals surface area contributed by atoms with Gasteiger partial charge in [-0.15, -0.1) is 0 Å². The highest BCUT2D eigenvalue weighted by molar-refractivity contribution is 5.88. The first kappa shape index (κ1) is 14.9. The molecule has 2 atom stereocenters. The van der Waals surface area contributed by atoms with Gasteiger partial charge in [-0.3, -0.25) is 4.79 Å². The van der Waals surface area contributed by atoms with Gasteiger partial charge in [-0.25, -0.2) is 0 Å². The van der Waals surface area contributed by atoms with Crippen LogP contribution in [0.3, 0.4) is 0 Å². The average molecular weight is 276 g/mol. The summed E-state index contributed by atoms with van der Waals surface area (Å²) in [5.74, 6) is 0.0717. The van der Waals surface area contributed by atoms with Gasteiger partial charge >= 0.3 is 0 Å². The molecule has 0 aromatic heterocycles. The van der Waals surface area contributed by atoms with Crippen LogP contribution >= 0.6 is 0 Å². The van der Waals surface area contributed by atoms with Crippen LogP contribution in [0.4, 0.5) is 5.69 Å². The molecule has 20 heavy (non-hydrogen) atoms. The molecule has 1 aromatic carbocycles. The SMILES string of the molecule is Cc1ccccc1NC1(C(N)=O)CCOC(C(C)C)C1. The third kappa shape index (κ3) is 2.96. The summed E-state index contributed by atoms with van der Waals surface area (Å²) in [5.41, 5.74) is 7.08. The van der Waals surface area contributed by atoms with E-state index in [4.69, 9.17) is 10.5 Å². The molecule has 1 aliphatic rings. The van der Waals surface area contributed by atoms with Gasteiger partial charge in [0.2, 0.25) is 5.91 Å². The molecule has 0 aliphatic carbocycles. The summed E-state index contributed by atoms with van der Waals surface area (Å²) >= 11 is 0. The van der Waals surface area contributed by atoms with Crippen LogP contribution in [0.25, 0.3) is 0 Å². The molecule has 0 radical (unpaired) electrons. The predicted octanol–water partition coefficient (Wildman–Crippen LogP) is 2.47. The average Bonchev–Trinajstić information content (AvgIpc) is 2.41. The van der Waals surface area contributed by atoms with E-state index in [1.807, 2.05) is 31.2 Å². The number of primary amides is 1. The molecule has 2 unspecified atom stereocenters. The molecule has 2 rings (SSSR count). The number of anilines is 1. The highest BCUT2D eigenvalue weighted by atomic mass is 16.5. The quantitative estimate of drug-likeness (QED) is 0.888. The van der Waals surface area contributed by atoms with E-state index in [2.05, 4.69) is 19.2 Å². The lowest BCUT2D eigenvalue weighted by molar-refractivity contribution is -0.128. The van der Waals surface area contributed by atoms with Gasteiger partial charge in [0.05, 0.1) is 6.10 Å². The smallest absolute Gasteiger partial charge is 0.243 e. The van der Waals surface area contributed by atoms with Crippen LogP contribution in [0.15, 0.2) is 24.3 Å². The molecule has 110 valence electrons. The minimum Gasteiger partial charge on any atom is -0.378 e. The normalized spacial score (nSPS) is 26.5. The number of rotatable bonds is 4. The lowest BCUT2D eigenvalue weighted by atomic mass is 9.82. The summed E-state index contributed by atoms with van der Waals surface area (Å²) in [6, 6.07) is 7.96. The summed E-state index contributed by atoms with van der Waals surface area (Å²) in [7, 11) is 0. The van der Waals surface area contributed by atoms with E-state index in [9.17, 15) is 4.79 Å². The molecule has 1 amide bonds. The number of aryl methyl sites for hydroxylation is 1. The number of carbonyl (C=O) groups is 1. The number of nitrogens with two attached hydrogens (primary N) is 1. The summed E-state index contributed by atoms with van der Waals surface area (Å²) in [6.07, 6.45) is 1.29. The van der Waals surface area contributed by atoms with E-state index < -0.39 is 5.54 Å². The largest absolute Gasteiger partial charge is 0.378 e. The number of ether oxygens (including phenoxy) is 1. The molecule has 0 spiro atoms. The van der Waals surface area contributed by atoms with E-state index in [0.717, 1.165) is 11.3 Å². The Morgan fingerprint density at radius 2 is 2.15 bits per heavy atom. The van der Waals surface area contributed by atoms with Crippen molar-refractivity contribution in [1.82, 2.24) is 0 Å². The topological polar surface area (TPSA) is 64.3 Å². The van der Waals surface area contributed by atoms with Gasteiger partial charge in [0.15, 0.2) is 0 Å². The first-order valence-corrected chi connectivity index (χ1v) is 7.20. The molecule has 4 nitrogen and oxygen atoms in total. The number of carbonyl (C=O) groups excluding carboxylic acids is 1. The second-order valence-electron chi connectivity index (χ2n) is 5.99. The third-order valence-electron chi connectivity index (χ3n) is 4.14. The molecular formula is C16H24N2O2. The van der Waals surface area contributed by atoms with Crippen LogP contribution < -0.4 is 11.1 Å². The van der Waals surface area contributed by atoms with Gasteiger partial charge < -0.3 is 15.8 Å². The van der Waals surface area contributed by atoms with Crippen molar-refractivity contribution < 1.29 is 9.53 Å². The maximum absolute atomic E-state index is 12.1. The second kappa shape index (κ2) is 5.83. The molecule has 1 fully saturated rings. The first-order chi connectivity index (χ1) is 9.44. The number of hydrogen-bond donors (Lipinski definition) is 2. The summed E-state index contributed by atoms with van der Waals surface area (Å²) < 4.78 is 5.76. The first-order valence-electron chi connectivity index (χ1n) is 7.20. The Morgan fingerprint density at radius 3 is 2.75 bits per heavy atom. The fourth-order valence-corrected chi connectivity index (χ4v) is 2.69. The Morgan fingerprint density at radius 1 is 1.45 bits per heavy atom. The Labute approximate surface area is 120 Å². The number of para-hydroxylation sites is 1. The van der Waals surface area contributed by atoms with Gasteiger partial charge in [-0.2, -0.15) is 0 Å². The predicted molar refractivity (Wildman–Crippen MR) is 80.5 cm³/mol. The third-order valence-corrected chi connectivity index (χ3v) is 4.14. The maximum atomic E-state index is 12.1. The monoisotopic (exact) mass is 276 g/mol. The second-order valence-corrected chi connectivity index (χ2v) is 5.99. The van der Waals surface area contributed by atoms with Crippen molar-refractivity contribution in [2.24, 2.45) is 11.7 Å². The standard InChI is InChI=1S/C16H24N2O2/c1-11(2)14-10-16(15(17)19,8-9-20-14)18-13-7-5-4-6-12(13)3/h4-7,11,14,18H,8-10H2,1-3H3,(H2,17,19). The van der Waals surface area contributed by atoms with Crippen molar-refractivity contribution in [3.63, 3.8) is 0 Å². The molecule has 1 heterocycles. The highest BCUT2D eigenvalue weighted by Gasteiger charge is 2.43. The summed E-state index contributed by atoms with van der Waals surface area (Å²) in [4.78, 5) is 12.1. The van der Waals surface area contributed by atoms with E-state index in [1.54, 1.807) is 0 Å². The van der Waals surface area contributed by atoms with Crippen LogP contribution in [0, 0.1) is 12.8 Å². The van der Waals surface area contributed by atoms with Crippen LogP contribution in [0.1, 0.15) is 32.3 Å². The lowest BCUT2D eigenvalue weighted by Gasteiger charge is -2.41. The Kier molecular flexibility index (Phi) is 4.33. The number of benzene rings is 1. The van der Waals surface area contributed by atoms with Crippen molar-refractivity contribution in [3.05, 3.63) is 29.8 Å². The van der Waals surface area contributed by atoms with Crippen molar-refractivity contribution in [2.45, 2.75) is 45.3 Å². The van der Waals surface area contributed by atoms with Gasteiger partial charge in [0, 0.05) is 25.1 Å². The molecule has 3 N–H and O–H groups in total. The van der Waals surface area contributed by atoms with Gasteiger partial charge in [-0.1, -0.05) is 32.0 Å². The van der Waals surface area contributed by atoms with Crippen molar-refractivity contribution >= 4 is 11.6 Å². The van der Waals surface area contributed by atoms with Crippen molar-refractivity contribution in [1.29, 1.82) is 0 Å². The molecule has 4 heteroatoms. The minimum absolute atomic E-state index is 0.0627. The van der Waals surface area contributed by atoms with Crippen molar-refractivity contribution in [2.75, 3.05) is 11.9 Å². The fourth-order valence-electron chi connectivity index (χ4n) is 2.69. The van der Waals surface area contributed by atoms with E-state index >= 15 is 0 Å². The van der Waals surface area contributed by atoms with Gasteiger partial charge in [0.25, 0.3) is 0 Å². The van der Waals surface area contributed by atoms with Crippen LogP contribution in [-0.2, 0) is 9.53 Å². The van der Waals surface area contributed by atoms with E-state index in [-0.39, 0.29) is 12.0 Å². The number of amides is 1. The zero-order valence-corrected chi connectivity index (χ0v) is 12.5. The molecule has 0 saturated carbocycles. The number of nitrogens with one attached hydrogen (secondary N) is 1. The molecule has 1 saturated heterocycles. The summed E-state index contributed by atoms with van der Waals surface area (Å²) in [6.45, 7) is 6.80. The molecule has 0 bridgehead atoms. The lowest BCUT2D eigenvalue weighted by Crippen LogP contribution is -2.56. The van der Waals surface area contributed by atoms with Gasteiger partial charge in [0.1, 0.15) is 5.54 Å².